The van der Waals surface area contributed by atoms with Crippen LogP contribution < -0.4 is 5.73 Å². The Kier molecular flexibility index (Phi) is 3.58. The van der Waals surface area contributed by atoms with Gasteiger partial charge in [-0.1, -0.05) is 48.4 Å². The third-order valence-electron chi connectivity index (χ3n) is 2.63. The average Bonchev–Trinajstić information content (AvgIpc) is 2.35. The Balaban J connectivity index is 2.23. The molecule has 0 unspecified atom stereocenters. The van der Waals surface area contributed by atoms with E-state index < -0.39 is 0 Å². The van der Waals surface area contributed by atoms with Crippen LogP contribution >= 0.6 is 0 Å². The summed E-state index contributed by atoms with van der Waals surface area (Å²) in [5, 5.41) is 2.63. The monoisotopic (exact) mass is 209 g/mol. The zero-order valence-corrected chi connectivity index (χ0v) is 9.24. The molecule has 0 heterocycles. The van der Waals surface area contributed by atoms with Gasteiger partial charge in [0, 0.05) is 6.42 Å². The maximum absolute atomic E-state index is 5.32. The molecule has 0 atom stereocenters. The number of rotatable bonds is 2. The minimum absolute atomic E-state index is 0.454. The first-order valence-corrected chi connectivity index (χ1v) is 5.54. The molecule has 0 bridgehead atoms. The maximum Gasteiger partial charge on any atom is 0.0551 e. The van der Waals surface area contributed by atoms with Crippen molar-refractivity contribution in [1.82, 2.24) is 0 Å². The van der Waals surface area contributed by atoms with Gasteiger partial charge in [0.2, 0.25) is 0 Å². The molecule has 2 aromatic rings. The summed E-state index contributed by atoms with van der Waals surface area (Å²) in [6, 6.07) is 14.9. The summed E-state index contributed by atoms with van der Waals surface area (Å²) in [6.45, 7) is 0.454. The summed E-state index contributed by atoms with van der Waals surface area (Å²) >= 11 is 0. The highest BCUT2D eigenvalue weighted by atomic mass is 14.5. The van der Waals surface area contributed by atoms with Crippen LogP contribution in [0, 0.1) is 11.8 Å². The van der Waals surface area contributed by atoms with Gasteiger partial charge in [0.05, 0.1) is 6.54 Å². The molecule has 0 fully saturated rings. The number of hydrogen-bond acceptors (Lipinski definition) is 1. The van der Waals surface area contributed by atoms with Crippen LogP contribution in [0.15, 0.2) is 42.5 Å². The number of aryl methyl sites for hydroxylation is 1. The van der Waals surface area contributed by atoms with Crippen LogP contribution in [0.25, 0.3) is 10.8 Å². The highest BCUT2D eigenvalue weighted by Gasteiger charge is 1.98. The second-order valence-electron chi connectivity index (χ2n) is 3.70. The van der Waals surface area contributed by atoms with Crippen molar-refractivity contribution in [3.05, 3.63) is 48.0 Å². The lowest BCUT2D eigenvalue weighted by molar-refractivity contribution is 1.04. The first-order chi connectivity index (χ1) is 7.92. The predicted octanol–water partition coefficient (Wildman–Crippen LogP) is 2.73. The molecule has 0 aliphatic carbocycles. The fraction of sp³-hybridized carbons (Fsp3) is 0.200. The third kappa shape index (κ3) is 2.42. The third-order valence-corrected chi connectivity index (χ3v) is 2.63. The highest BCUT2D eigenvalue weighted by molar-refractivity contribution is 5.85. The molecule has 0 amide bonds. The van der Waals surface area contributed by atoms with Crippen LogP contribution in [0.4, 0.5) is 0 Å². The molecule has 2 rings (SSSR count). The normalized spacial score (nSPS) is 9.81. The first kappa shape index (κ1) is 10.7. The van der Waals surface area contributed by atoms with Crippen molar-refractivity contribution in [2.75, 3.05) is 6.54 Å². The van der Waals surface area contributed by atoms with Crippen LogP contribution in [-0.4, -0.2) is 6.54 Å². The Morgan fingerprint density at radius 3 is 2.62 bits per heavy atom. The lowest BCUT2D eigenvalue weighted by atomic mass is 10.0. The molecule has 0 aromatic heterocycles. The van der Waals surface area contributed by atoms with E-state index >= 15 is 0 Å². The van der Waals surface area contributed by atoms with E-state index in [2.05, 4.69) is 54.3 Å². The lowest BCUT2D eigenvalue weighted by Crippen LogP contribution is -1.93. The Morgan fingerprint density at radius 1 is 0.938 bits per heavy atom. The SMILES string of the molecule is NCC#CCCc1cccc2ccccc12. The summed E-state index contributed by atoms with van der Waals surface area (Å²) < 4.78 is 0. The van der Waals surface area contributed by atoms with E-state index in [0.717, 1.165) is 12.8 Å². The quantitative estimate of drug-likeness (QED) is 0.756. The number of nitrogens with two attached hydrogens (primary N) is 1. The standard InChI is InChI=1S/C15H15N/c16-12-5-1-2-7-13-9-6-10-14-8-3-4-11-15(13)14/h3-4,6,8-11H,2,7,12,16H2. The molecule has 0 radical (unpaired) electrons. The maximum atomic E-state index is 5.32. The van der Waals surface area contributed by atoms with E-state index in [1.54, 1.807) is 0 Å². The highest BCUT2D eigenvalue weighted by Crippen LogP contribution is 2.19. The van der Waals surface area contributed by atoms with Crippen molar-refractivity contribution in [2.24, 2.45) is 5.73 Å². The molecule has 0 saturated carbocycles. The van der Waals surface area contributed by atoms with Crippen molar-refractivity contribution in [3.8, 4) is 11.8 Å². The van der Waals surface area contributed by atoms with E-state index in [4.69, 9.17) is 5.73 Å². The van der Waals surface area contributed by atoms with E-state index in [9.17, 15) is 0 Å². The molecule has 0 aliphatic heterocycles. The van der Waals surface area contributed by atoms with Gasteiger partial charge in [-0.25, -0.2) is 0 Å². The minimum Gasteiger partial charge on any atom is -0.320 e. The van der Waals surface area contributed by atoms with Crippen LogP contribution in [0.1, 0.15) is 12.0 Å². The van der Waals surface area contributed by atoms with E-state index in [1.807, 2.05) is 0 Å². The van der Waals surface area contributed by atoms with Gasteiger partial charge < -0.3 is 5.73 Å². The van der Waals surface area contributed by atoms with Gasteiger partial charge in [0.25, 0.3) is 0 Å². The molecule has 0 spiro atoms. The zero-order valence-electron chi connectivity index (χ0n) is 9.24. The largest absolute Gasteiger partial charge is 0.320 e. The van der Waals surface area contributed by atoms with Crippen LogP contribution in [0.3, 0.4) is 0 Å². The molecular formula is C15H15N. The molecule has 2 N–H and O–H groups in total. The van der Waals surface area contributed by atoms with E-state index in [0.29, 0.717) is 6.54 Å². The van der Waals surface area contributed by atoms with Crippen molar-refractivity contribution >= 4 is 10.8 Å². The second-order valence-corrected chi connectivity index (χ2v) is 3.70. The van der Waals surface area contributed by atoms with Crippen molar-refractivity contribution < 1.29 is 0 Å². The topological polar surface area (TPSA) is 26.0 Å². The molecule has 16 heavy (non-hydrogen) atoms. The predicted molar refractivity (Wildman–Crippen MR) is 69.1 cm³/mol. The fourth-order valence-electron chi connectivity index (χ4n) is 1.87. The van der Waals surface area contributed by atoms with E-state index in [-0.39, 0.29) is 0 Å². The molecular weight excluding hydrogens is 194 g/mol. The Hall–Kier alpha value is -1.78. The summed E-state index contributed by atoms with van der Waals surface area (Å²) in [5.41, 5.74) is 6.69. The van der Waals surface area contributed by atoms with Gasteiger partial charge in [0.15, 0.2) is 0 Å². The average molecular weight is 209 g/mol. The van der Waals surface area contributed by atoms with Gasteiger partial charge in [-0.05, 0) is 22.8 Å². The fourth-order valence-corrected chi connectivity index (χ4v) is 1.87. The van der Waals surface area contributed by atoms with Crippen LogP contribution in [0.5, 0.6) is 0 Å². The van der Waals surface area contributed by atoms with Gasteiger partial charge in [-0.3, -0.25) is 0 Å². The lowest BCUT2D eigenvalue weighted by Gasteiger charge is -2.03. The Morgan fingerprint density at radius 2 is 1.75 bits per heavy atom. The van der Waals surface area contributed by atoms with Gasteiger partial charge in [0.1, 0.15) is 0 Å². The van der Waals surface area contributed by atoms with E-state index in [1.165, 1.54) is 16.3 Å². The molecule has 2 aromatic carbocycles. The van der Waals surface area contributed by atoms with Gasteiger partial charge in [-0.2, -0.15) is 0 Å². The number of fused-ring (bicyclic) bond motifs is 1. The summed E-state index contributed by atoms with van der Waals surface area (Å²) in [5.74, 6) is 5.97. The van der Waals surface area contributed by atoms with Crippen LogP contribution in [-0.2, 0) is 6.42 Å². The van der Waals surface area contributed by atoms with Crippen molar-refractivity contribution in [1.29, 1.82) is 0 Å². The molecule has 1 nitrogen and oxygen atoms in total. The Bertz CT molecular complexity index is 526. The molecule has 0 aliphatic rings. The molecule has 0 saturated heterocycles. The number of benzene rings is 2. The first-order valence-electron chi connectivity index (χ1n) is 5.54. The number of hydrogen-bond donors (Lipinski definition) is 1. The molecule has 1 heteroatoms. The smallest absolute Gasteiger partial charge is 0.0551 e. The minimum atomic E-state index is 0.454. The Labute approximate surface area is 96.3 Å². The molecule has 80 valence electrons. The summed E-state index contributed by atoms with van der Waals surface area (Å²) in [4.78, 5) is 0. The van der Waals surface area contributed by atoms with Gasteiger partial charge in [-0.15, -0.1) is 5.92 Å². The summed E-state index contributed by atoms with van der Waals surface area (Å²) in [7, 11) is 0. The van der Waals surface area contributed by atoms with Crippen molar-refractivity contribution in [3.63, 3.8) is 0 Å². The second kappa shape index (κ2) is 5.34. The van der Waals surface area contributed by atoms with Crippen LogP contribution in [0.2, 0.25) is 0 Å². The summed E-state index contributed by atoms with van der Waals surface area (Å²) in [6.07, 6.45) is 1.87. The van der Waals surface area contributed by atoms with Crippen molar-refractivity contribution in [2.45, 2.75) is 12.8 Å². The van der Waals surface area contributed by atoms with Gasteiger partial charge >= 0.3 is 0 Å². The zero-order chi connectivity index (χ0) is 11.2.